The summed E-state index contributed by atoms with van der Waals surface area (Å²) in [5, 5.41) is 5.76. The number of benzene rings is 2. The number of carbonyl (C=O) groups excluding carboxylic acids is 2. The van der Waals surface area contributed by atoms with E-state index >= 15 is 0 Å². The van der Waals surface area contributed by atoms with Crippen LogP contribution in [-0.4, -0.2) is 33.3 Å². The number of carbonyl (C=O) groups is 2. The maximum Gasteiger partial charge on any atom is 0.251 e. The first-order valence-corrected chi connectivity index (χ1v) is 13.7. The zero-order valence-corrected chi connectivity index (χ0v) is 22.1. The standard InChI is InChI=1S/C25H28ClN3O4S2/c1-4-20-13-14-22(34-20)35(32,33)29-23(17-9-11-19(26)12-10-17)25(31)28-21(24(30)27-3)15-18-8-6-5-7-16(18)2/h5-14,21,23,29H,4,15H2,1-3H3,(H,27,30)(H,28,31)/t21-,23?/m0/s1. The van der Waals surface area contributed by atoms with E-state index in [1.807, 2.05) is 38.1 Å². The van der Waals surface area contributed by atoms with Gasteiger partial charge in [-0.1, -0.05) is 54.9 Å². The third-order valence-corrected chi connectivity index (χ3v) is 8.95. The van der Waals surface area contributed by atoms with Crippen molar-refractivity contribution in [2.24, 2.45) is 0 Å². The molecule has 0 aliphatic rings. The fourth-order valence-corrected chi connectivity index (χ4v) is 6.15. The number of amides is 2. The summed E-state index contributed by atoms with van der Waals surface area (Å²) < 4.78 is 28.9. The number of likely N-dealkylation sites (N-methyl/N-ethyl adjacent to an activating group) is 1. The number of nitrogens with one attached hydrogen (secondary N) is 3. The monoisotopic (exact) mass is 533 g/mol. The summed E-state index contributed by atoms with van der Waals surface area (Å²) in [5.41, 5.74) is 2.28. The van der Waals surface area contributed by atoms with Gasteiger partial charge in [-0.25, -0.2) is 8.42 Å². The van der Waals surface area contributed by atoms with E-state index in [2.05, 4.69) is 15.4 Å². The lowest BCUT2D eigenvalue weighted by atomic mass is 9.99. The molecule has 2 amide bonds. The van der Waals surface area contributed by atoms with Crippen LogP contribution in [0.25, 0.3) is 0 Å². The Morgan fingerprint density at radius 2 is 1.69 bits per heavy atom. The molecule has 7 nitrogen and oxygen atoms in total. The van der Waals surface area contributed by atoms with Crippen molar-refractivity contribution < 1.29 is 18.0 Å². The summed E-state index contributed by atoms with van der Waals surface area (Å²) in [6.45, 7) is 3.86. The van der Waals surface area contributed by atoms with Gasteiger partial charge in [-0.05, 0) is 54.3 Å². The van der Waals surface area contributed by atoms with Crippen LogP contribution < -0.4 is 15.4 Å². The first-order chi connectivity index (χ1) is 16.6. The number of hydrogen-bond acceptors (Lipinski definition) is 5. The largest absolute Gasteiger partial charge is 0.357 e. The first-order valence-electron chi connectivity index (χ1n) is 11.1. The minimum Gasteiger partial charge on any atom is -0.357 e. The molecule has 3 rings (SSSR count). The quantitative estimate of drug-likeness (QED) is 0.369. The van der Waals surface area contributed by atoms with Crippen LogP contribution in [0.1, 0.15) is 34.5 Å². The second kappa shape index (κ2) is 11.8. The normalized spacial score (nSPS) is 13.1. The molecule has 3 aromatic rings. The fraction of sp³-hybridized carbons (Fsp3) is 0.280. The van der Waals surface area contributed by atoms with Crippen LogP contribution in [0.5, 0.6) is 0 Å². The molecule has 0 saturated carbocycles. The molecule has 2 atom stereocenters. The van der Waals surface area contributed by atoms with E-state index in [4.69, 9.17) is 11.6 Å². The summed E-state index contributed by atoms with van der Waals surface area (Å²) in [6, 6.07) is 15.0. The predicted molar refractivity (Wildman–Crippen MR) is 139 cm³/mol. The molecule has 0 spiro atoms. The SMILES string of the molecule is CCc1ccc(S(=O)(=O)NC(C(=O)N[C@@H](Cc2ccccc2C)C(=O)NC)c2ccc(Cl)cc2)s1. The smallest absolute Gasteiger partial charge is 0.251 e. The Labute approximate surface area is 215 Å². The Balaban J connectivity index is 1.92. The Morgan fingerprint density at radius 1 is 1.00 bits per heavy atom. The van der Waals surface area contributed by atoms with Gasteiger partial charge in [-0.3, -0.25) is 9.59 Å². The lowest BCUT2D eigenvalue weighted by molar-refractivity contribution is -0.129. The zero-order chi connectivity index (χ0) is 25.6. The zero-order valence-electron chi connectivity index (χ0n) is 19.7. The van der Waals surface area contributed by atoms with Crippen LogP contribution in [0, 0.1) is 6.92 Å². The maximum absolute atomic E-state index is 13.5. The van der Waals surface area contributed by atoms with Crippen molar-refractivity contribution in [2.45, 2.75) is 43.0 Å². The van der Waals surface area contributed by atoms with Crippen molar-refractivity contribution in [2.75, 3.05) is 7.05 Å². The molecule has 0 aliphatic heterocycles. The summed E-state index contributed by atoms with van der Waals surface area (Å²) in [5.74, 6) is -1.03. The van der Waals surface area contributed by atoms with Crippen LogP contribution in [0.4, 0.5) is 0 Å². The predicted octanol–water partition coefficient (Wildman–Crippen LogP) is 3.77. The Bertz CT molecular complexity index is 1290. The van der Waals surface area contributed by atoms with E-state index in [0.29, 0.717) is 17.0 Å². The van der Waals surface area contributed by atoms with E-state index in [0.717, 1.165) is 27.3 Å². The van der Waals surface area contributed by atoms with Gasteiger partial charge in [0, 0.05) is 23.4 Å². The molecule has 1 heterocycles. The van der Waals surface area contributed by atoms with Crippen molar-refractivity contribution in [3.8, 4) is 0 Å². The summed E-state index contributed by atoms with van der Waals surface area (Å²) in [7, 11) is -2.52. The van der Waals surface area contributed by atoms with Gasteiger partial charge in [0.25, 0.3) is 10.0 Å². The number of hydrogen-bond donors (Lipinski definition) is 3. The van der Waals surface area contributed by atoms with Gasteiger partial charge in [0.1, 0.15) is 16.3 Å². The van der Waals surface area contributed by atoms with Crippen LogP contribution in [0.15, 0.2) is 64.9 Å². The van der Waals surface area contributed by atoms with Gasteiger partial charge in [-0.2, -0.15) is 4.72 Å². The highest BCUT2D eigenvalue weighted by atomic mass is 35.5. The number of sulfonamides is 1. The van der Waals surface area contributed by atoms with Crippen molar-refractivity contribution in [3.05, 3.63) is 87.3 Å². The Kier molecular flexibility index (Phi) is 9.07. The molecule has 2 aromatic carbocycles. The maximum atomic E-state index is 13.5. The molecule has 0 radical (unpaired) electrons. The average Bonchev–Trinajstić information content (AvgIpc) is 3.34. The molecule has 186 valence electrons. The van der Waals surface area contributed by atoms with Crippen LogP contribution >= 0.6 is 22.9 Å². The van der Waals surface area contributed by atoms with Crippen molar-refractivity contribution >= 4 is 44.8 Å². The molecule has 0 saturated heterocycles. The minimum atomic E-state index is -4.01. The topological polar surface area (TPSA) is 104 Å². The number of rotatable bonds is 10. The molecular weight excluding hydrogens is 506 g/mol. The third kappa shape index (κ3) is 6.91. The van der Waals surface area contributed by atoms with Gasteiger partial charge in [0.2, 0.25) is 11.8 Å². The molecule has 0 bridgehead atoms. The second-order valence-corrected chi connectivity index (χ2v) is 11.5. The van der Waals surface area contributed by atoms with E-state index < -0.39 is 28.0 Å². The van der Waals surface area contributed by atoms with Crippen molar-refractivity contribution in [1.82, 2.24) is 15.4 Å². The van der Waals surface area contributed by atoms with Gasteiger partial charge >= 0.3 is 0 Å². The third-order valence-electron chi connectivity index (χ3n) is 5.55. The molecule has 1 aromatic heterocycles. The molecule has 3 N–H and O–H groups in total. The van der Waals surface area contributed by atoms with Gasteiger partial charge < -0.3 is 10.6 Å². The van der Waals surface area contributed by atoms with Gasteiger partial charge in [0.15, 0.2) is 0 Å². The van der Waals surface area contributed by atoms with Crippen LogP contribution in [0.2, 0.25) is 5.02 Å². The molecular formula is C25H28ClN3O4S2. The fourth-order valence-electron chi connectivity index (χ4n) is 3.53. The number of thiophene rings is 1. The van der Waals surface area contributed by atoms with Gasteiger partial charge in [-0.15, -0.1) is 11.3 Å². The highest BCUT2D eigenvalue weighted by Crippen LogP contribution is 2.25. The Morgan fingerprint density at radius 3 is 2.29 bits per heavy atom. The lowest BCUT2D eigenvalue weighted by Gasteiger charge is -2.23. The second-order valence-electron chi connectivity index (χ2n) is 7.99. The number of halogens is 1. The molecule has 0 fully saturated rings. The number of aryl methyl sites for hydroxylation is 2. The Hall–Kier alpha value is -2.72. The average molecular weight is 534 g/mol. The lowest BCUT2D eigenvalue weighted by Crippen LogP contribution is -2.51. The first kappa shape index (κ1) is 26.9. The van der Waals surface area contributed by atoms with Crippen molar-refractivity contribution in [1.29, 1.82) is 0 Å². The molecule has 35 heavy (non-hydrogen) atoms. The summed E-state index contributed by atoms with van der Waals surface area (Å²) in [4.78, 5) is 27.0. The van der Waals surface area contributed by atoms with Crippen LogP contribution in [0.3, 0.4) is 0 Å². The summed E-state index contributed by atoms with van der Waals surface area (Å²) >= 11 is 7.15. The van der Waals surface area contributed by atoms with E-state index in [9.17, 15) is 18.0 Å². The van der Waals surface area contributed by atoms with E-state index in [1.165, 1.54) is 13.1 Å². The highest BCUT2D eigenvalue weighted by molar-refractivity contribution is 7.91. The minimum absolute atomic E-state index is 0.115. The summed E-state index contributed by atoms with van der Waals surface area (Å²) in [6.07, 6.45) is 0.955. The van der Waals surface area contributed by atoms with Crippen LogP contribution in [-0.2, 0) is 32.5 Å². The van der Waals surface area contributed by atoms with E-state index in [1.54, 1.807) is 30.3 Å². The van der Waals surface area contributed by atoms with Gasteiger partial charge in [0.05, 0.1) is 0 Å². The van der Waals surface area contributed by atoms with Crippen molar-refractivity contribution in [3.63, 3.8) is 0 Å². The molecule has 1 unspecified atom stereocenters. The van der Waals surface area contributed by atoms with E-state index in [-0.39, 0.29) is 16.5 Å². The molecule has 10 heteroatoms. The highest BCUT2D eigenvalue weighted by Gasteiger charge is 2.31. The molecule has 0 aliphatic carbocycles.